The molecule has 0 saturated carbocycles. The zero-order valence-electron chi connectivity index (χ0n) is 9.54. The van der Waals surface area contributed by atoms with Gasteiger partial charge in [-0.1, -0.05) is 33.6 Å². The second kappa shape index (κ2) is 5.38. The van der Waals surface area contributed by atoms with Crippen molar-refractivity contribution < 1.29 is 0 Å². The van der Waals surface area contributed by atoms with Gasteiger partial charge in [0.15, 0.2) is 5.82 Å². The lowest BCUT2D eigenvalue weighted by Gasteiger charge is -2.09. The molecule has 0 aliphatic heterocycles. The number of nitrogens with one attached hydrogen (secondary N) is 1. The van der Waals surface area contributed by atoms with E-state index in [9.17, 15) is 0 Å². The zero-order chi connectivity index (χ0) is 13.1. The highest BCUT2D eigenvalue weighted by Gasteiger charge is 2.07. The number of nitrogens with zero attached hydrogens (tertiary/aromatic N) is 2. The predicted molar refractivity (Wildman–Crippen MR) is 76.1 cm³/mol. The van der Waals surface area contributed by atoms with Crippen molar-refractivity contribution in [3.8, 4) is 6.07 Å². The van der Waals surface area contributed by atoms with Crippen LogP contribution in [0.25, 0.3) is 0 Å². The maximum absolute atomic E-state index is 8.89. The summed E-state index contributed by atoms with van der Waals surface area (Å²) in [4.78, 5) is 4.12. The van der Waals surface area contributed by atoms with E-state index in [0.29, 0.717) is 16.4 Å². The first-order valence-corrected chi connectivity index (χ1v) is 6.36. The molecule has 2 rings (SSSR count). The molecule has 0 atom stereocenters. The van der Waals surface area contributed by atoms with Crippen LogP contribution < -0.4 is 5.32 Å². The number of halogens is 2. The number of aryl methyl sites for hydroxylation is 1. The number of nitriles is 1. The van der Waals surface area contributed by atoms with Gasteiger partial charge in [-0.05, 0) is 30.7 Å². The SMILES string of the molecule is Cc1ccc(Nc2nccc(C#N)c2Cl)cc1Br. The summed E-state index contributed by atoms with van der Waals surface area (Å²) in [6.07, 6.45) is 1.55. The van der Waals surface area contributed by atoms with E-state index in [1.54, 1.807) is 12.3 Å². The van der Waals surface area contributed by atoms with Gasteiger partial charge in [0.2, 0.25) is 0 Å². The number of hydrogen-bond donors (Lipinski definition) is 1. The summed E-state index contributed by atoms with van der Waals surface area (Å²) in [6.45, 7) is 2.01. The van der Waals surface area contributed by atoms with Crippen molar-refractivity contribution in [3.05, 3.63) is 51.1 Å². The van der Waals surface area contributed by atoms with E-state index < -0.39 is 0 Å². The Balaban J connectivity index is 2.35. The predicted octanol–water partition coefficient (Wildman–Crippen LogP) is 4.42. The fraction of sp³-hybridized carbons (Fsp3) is 0.0769. The Morgan fingerprint density at radius 1 is 1.39 bits per heavy atom. The van der Waals surface area contributed by atoms with Gasteiger partial charge in [0.1, 0.15) is 11.1 Å². The van der Waals surface area contributed by atoms with Gasteiger partial charge >= 0.3 is 0 Å². The van der Waals surface area contributed by atoms with E-state index in [-0.39, 0.29) is 0 Å². The third-order valence-electron chi connectivity index (χ3n) is 2.44. The highest BCUT2D eigenvalue weighted by atomic mass is 79.9. The Morgan fingerprint density at radius 2 is 2.17 bits per heavy atom. The number of aromatic nitrogens is 1. The zero-order valence-corrected chi connectivity index (χ0v) is 11.9. The monoisotopic (exact) mass is 321 g/mol. The Bertz CT molecular complexity index is 635. The summed E-state index contributed by atoms with van der Waals surface area (Å²) in [5.41, 5.74) is 2.41. The molecule has 1 aromatic heterocycles. The molecule has 1 aromatic carbocycles. The first-order valence-electron chi connectivity index (χ1n) is 5.19. The van der Waals surface area contributed by atoms with Crippen LogP contribution in [0.3, 0.4) is 0 Å². The molecule has 0 aliphatic carbocycles. The molecule has 0 bridgehead atoms. The van der Waals surface area contributed by atoms with Crippen molar-refractivity contribution in [1.29, 1.82) is 5.26 Å². The molecule has 18 heavy (non-hydrogen) atoms. The van der Waals surface area contributed by atoms with Gasteiger partial charge in [0.05, 0.1) is 5.56 Å². The smallest absolute Gasteiger partial charge is 0.150 e. The summed E-state index contributed by atoms with van der Waals surface area (Å²) in [7, 11) is 0. The van der Waals surface area contributed by atoms with Crippen LogP contribution in [0.15, 0.2) is 34.9 Å². The molecule has 0 saturated heterocycles. The van der Waals surface area contributed by atoms with Gasteiger partial charge in [0.25, 0.3) is 0 Å². The van der Waals surface area contributed by atoms with Crippen LogP contribution in [0.5, 0.6) is 0 Å². The van der Waals surface area contributed by atoms with Crippen molar-refractivity contribution >= 4 is 39.0 Å². The molecule has 0 radical (unpaired) electrons. The van der Waals surface area contributed by atoms with Crippen molar-refractivity contribution in [1.82, 2.24) is 4.98 Å². The third kappa shape index (κ3) is 2.63. The van der Waals surface area contributed by atoms with E-state index >= 15 is 0 Å². The van der Waals surface area contributed by atoms with Gasteiger partial charge in [-0.2, -0.15) is 5.26 Å². The molecule has 0 aliphatic rings. The maximum atomic E-state index is 8.89. The standard InChI is InChI=1S/C13H9BrClN3/c1-8-2-3-10(6-11(8)14)18-13-12(15)9(7-16)4-5-17-13/h2-6H,1H3,(H,17,18). The van der Waals surface area contributed by atoms with Gasteiger partial charge in [-0.15, -0.1) is 0 Å². The van der Waals surface area contributed by atoms with Gasteiger partial charge in [-0.25, -0.2) is 4.98 Å². The molecular formula is C13H9BrClN3. The Kier molecular flexibility index (Phi) is 3.85. The number of rotatable bonds is 2. The van der Waals surface area contributed by atoms with Crippen LogP contribution in [0.4, 0.5) is 11.5 Å². The quantitative estimate of drug-likeness (QED) is 0.890. The molecular weight excluding hydrogens is 314 g/mol. The van der Waals surface area contributed by atoms with E-state index in [1.165, 1.54) is 0 Å². The molecule has 90 valence electrons. The highest BCUT2D eigenvalue weighted by Crippen LogP contribution is 2.28. The summed E-state index contributed by atoms with van der Waals surface area (Å²) in [5, 5.41) is 12.3. The van der Waals surface area contributed by atoms with Crippen LogP contribution in [0, 0.1) is 18.3 Å². The van der Waals surface area contributed by atoms with E-state index in [4.69, 9.17) is 16.9 Å². The van der Waals surface area contributed by atoms with E-state index in [0.717, 1.165) is 15.7 Å². The normalized spacial score (nSPS) is 9.89. The number of anilines is 2. The lowest BCUT2D eigenvalue weighted by atomic mass is 10.2. The van der Waals surface area contributed by atoms with Gasteiger partial charge in [0, 0.05) is 16.4 Å². The summed E-state index contributed by atoms with van der Waals surface area (Å²) >= 11 is 9.53. The minimum atomic E-state index is 0.330. The topological polar surface area (TPSA) is 48.7 Å². The first kappa shape index (κ1) is 12.9. The summed E-state index contributed by atoms with van der Waals surface area (Å²) in [6, 6.07) is 9.45. The van der Waals surface area contributed by atoms with Crippen LogP contribution >= 0.6 is 27.5 Å². The third-order valence-corrected chi connectivity index (χ3v) is 3.68. The highest BCUT2D eigenvalue weighted by molar-refractivity contribution is 9.10. The second-order valence-corrected chi connectivity index (χ2v) is 4.95. The van der Waals surface area contributed by atoms with Crippen molar-refractivity contribution in [2.24, 2.45) is 0 Å². The van der Waals surface area contributed by atoms with E-state index in [1.807, 2.05) is 31.2 Å². The molecule has 1 heterocycles. The molecule has 1 N–H and O–H groups in total. The van der Waals surface area contributed by atoms with Crippen LogP contribution in [0.2, 0.25) is 5.02 Å². The Hall–Kier alpha value is -1.57. The second-order valence-electron chi connectivity index (χ2n) is 3.72. The van der Waals surface area contributed by atoms with Crippen molar-refractivity contribution in [2.45, 2.75) is 6.92 Å². The van der Waals surface area contributed by atoms with Crippen LogP contribution in [0.1, 0.15) is 11.1 Å². The Morgan fingerprint density at radius 3 is 2.83 bits per heavy atom. The van der Waals surface area contributed by atoms with Gasteiger partial charge < -0.3 is 5.32 Å². The van der Waals surface area contributed by atoms with Gasteiger partial charge in [-0.3, -0.25) is 0 Å². The molecule has 0 spiro atoms. The van der Waals surface area contributed by atoms with Crippen LogP contribution in [-0.4, -0.2) is 4.98 Å². The molecule has 5 heteroatoms. The number of benzene rings is 1. The fourth-order valence-electron chi connectivity index (χ4n) is 1.42. The Labute approximate surface area is 119 Å². The first-order chi connectivity index (χ1) is 8.61. The van der Waals surface area contributed by atoms with Crippen LogP contribution in [-0.2, 0) is 0 Å². The number of hydrogen-bond acceptors (Lipinski definition) is 3. The molecule has 2 aromatic rings. The average Bonchev–Trinajstić information content (AvgIpc) is 2.36. The number of pyridine rings is 1. The molecule has 0 fully saturated rings. The largest absolute Gasteiger partial charge is 0.339 e. The lowest BCUT2D eigenvalue weighted by Crippen LogP contribution is -1.96. The minimum absolute atomic E-state index is 0.330. The van der Waals surface area contributed by atoms with Crippen molar-refractivity contribution in [2.75, 3.05) is 5.32 Å². The van der Waals surface area contributed by atoms with Crippen molar-refractivity contribution in [3.63, 3.8) is 0 Å². The molecule has 0 amide bonds. The average molecular weight is 323 g/mol. The molecule has 0 unspecified atom stereocenters. The lowest BCUT2D eigenvalue weighted by molar-refractivity contribution is 1.29. The molecule has 3 nitrogen and oxygen atoms in total. The summed E-state index contributed by atoms with van der Waals surface area (Å²) < 4.78 is 1.00. The maximum Gasteiger partial charge on any atom is 0.150 e. The fourth-order valence-corrected chi connectivity index (χ4v) is 2.00. The minimum Gasteiger partial charge on any atom is -0.339 e. The van der Waals surface area contributed by atoms with E-state index in [2.05, 4.69) is 26.2 Å². The summed E-state index contributed by atoms with van der Waals surface area (Å²) in [5.74, 6) is 0.478.